The van der Waals surface area contributed by atoms with Crippen LogP contribution in [0.1, 0.15) is 18.4 Å². The topological polar surface area (TPSA) is 46.4 Å². The van der Waals surface area contributed by atoms with Crippen LogP contribution >= 0.6 is 0 Å². The van der Waals surface area contributed by atoms with Crippen molar-refractivity contribution in [2.45, 2.75) is 19.8 Å². The van der Waals surface area contributed by atoms with Crippen LogP contribution in [0.5, 0.6) is 0 Å². The van der Waals surface area contributed by atoms with Crippen molar-refractivity contribution in [3.05, 3.63) is 33.9 Å². The minimum atomic E-state index is -0.346. The van der Waals surface area contributed by atoms with E-state index in [9.17, 15) is 10.1 Å². The monoisotopic (exact) mass is 206 g/mol. The lowest BCUT2D eigenvalue weighted by Crippen LogP contribution is -2.18. The van der Waals surface area contributed by atoms with Crippen LogP contribution in [0.4, 0.5) is 11.4 Å². The fourth-order valence-corrected chi connectivity index (χ4v) is 2.07. The second-order valence-electron chi connectivity index (χ2n) is 3.92. The first-order valence-corrected chi connectivity index (χ1v) is 5.18. The van der Waals surface area contributed by atoms with Crippen LogP contribution in [0, 0.1) is 17.0 Å². The Morgan fingerprint density at radius 2 is 2.00 bits per heavy atom. The molecular weight excluding hydrogens is 192 g/mol. The van der Waals surface area contributed by atoms with Gasteiger partial charge in [0.2, 0.25) is 0 Å². The number of nitro groups is 1. The molecule has 0 bridgehead atoms. The first-order chi connectivity index (χ1) is 7.18. The molecule has 0 unspecified atom stereocenters. The number of nitro benzene ring substituents is 1. The predicted octanol–water partition coefficient (Wildman–Crippen LogP) is 2.50. The number of aryl methyl sites for hydroxylation is 1. The van der Waals surface area contributed by atoms with E-state index in [0.717, 1.165) is 24.3 Å². The molecule has 1 aromatic carbocycles. The minimum Gasteiger partial charge on any atom is -0.371 e. The quantitative estimate of drug-likeness (QED) is 0.551. The maximum atomic E-state index is 10.6. The van der Waals surface area contributed by atoms with Crippen molar-refractivity contribution < 1.29 is 4.92 Å². The van der Waals surface area contributed by atoms with E-state index in [-0.39, 0.29) is 10.6 Å². The summed E-state index contributed by atoms with van der Waals surface area (Å²) in [5.41, 5.74) is 2.31. The molecule has 0 spiro atoms. The van der Waals surface area contributed by atoms with Crippen molar-refractivity contribution in [2.24, 2.45) is 0 Å². The molecule has 4 heteroatoms. The molecule has 0 amide bonds. The van der Waals surface area contributed by atoms with Crippen molar-refractivity contribution >= 4 is 11.4 Å². The van der Waals surface area contributed by atoms with Crippen molar-refractivity contribution in [3.8, 4) is 0 Å². The van der Waals surface area contributed by atoms with Gasteiger partial charge in [-0.1, -0.05) is 0 Å². The lowest BCUT2D eigenvalue weighted by Gasteiger charge is -2.19. The highest BCUT2D eigenvalue weighted by Crippen LogP contribution is 2.27. The van der Waals surface area contributed by atoms with Gasteiger partial charge in [-0.15, -0.1) is 0 Å². The third kappa shape index (κ3) is 1.93. The molecule has 1 aliphatic heterocycles. The van der Waals surface area contributed by atoms with Crippen LogP contribution in [0.2, 0.25) is 0 Å². The molecule has 0 aromatic heterocycles. The normalized spacial score (nSPS) is 15.7. The van der Waals surface area contributed by atoms with Gasteiger partial charge in [-0.25, -0.2) is 0 Å². The average Bonchev–Trinajstić information content (AvgIpc) is 2.70. The van der Waals surface area contributed by atoms with E-state index in [1.807, 2.05) is 13.0 Å². The van der Waals surface area contributed by atoms with E-state index >= 15 is 0 Å². The molecule has 4 nitrogen and oxygen atoms in total. The lowest BCUT2D eigenvalue weighted by molar-refractivity contribution is -0.384. The Kier molecular flexibility index (Phi) is 2.58. The summed E-state index contributed by atoms with van der Waals surface area (Å²) in [4.78, 5) is 12.5. The molecule has 1 fully saturated rings. The SMILES string of the molecule is Cc1cc([N+](=O)[O-])ccc1N1CCCC1. The Balaban J connectivity index is 2.29. The largest absolute Gasteiger partial charge is 0.371 e. The Morgan fingerprint density at radius 1 is 1.33 bits per heavy atom. The van der Waals surface area contributed by atoms with Crippen molar-refractivity contribution in [3.63, 3.8) is 0 Å². The van der Waals surface area contributed by atoms with Crippen molar-refractivity contribution in [2.75, 3.05) is 18.0 Å². The zero-order valence-electron chi connectivity index (χ0n) is 8.77. The molecule has 2 rings (SSSR count). The van der Waals surface area contributed by atoms with Crippen LogP contribution < -0.4 is 4.90 Å². The summed E-state index contributed by atoms with van der Waals surface area (Å²) >= 11 is 0. The van der Waals surface area contributed by atoms with Gasteiger partial charge in [-0.05, 0) is 31.4 Å². The fourth-order valence-electron chi connectivity index (χ4n) is 2.07. The van der Waals surface area contributed by atoms with Crippen LogP contribution in [0.3, 0.4) is 0 Å². The van der Waals surface area contributed by atoms with E-state index in [0.29, 0.717) is 0 Å². The average molecular weight is 206 g/mol. The van der Waals surface area contributed by atoms with Crippen LogP contribution in [0.15, 0.2) is 18.2 Å². The number of rotatable bonds is 2. The fraction of sp³-hybridized carbons (Fsp3) is 0.455. The molecule has 0 radical (unpaired) electrons. The van der Waals surface area contributed by atoms with Crippen molar-refractivity contribution in [1.29, 1.82) is 0 Å². The van der Waals surface area contributed by atoms with E-state index in [1.165, 1.54) is 12.8 Å². The molecule has 0 saturated carbocycles. The van der Waals surface area contributed by atoms with Gasteiger partial charge >= 0.3 is 0 Å². The molecule has 1 aromatic rings. The summed E-state index contributed by atoms with van der Waals surface area (Å²) in [6, 6.07) is 5.09. The second-order valence-corrected chi connectivity index (χ2v) is 3.92. The molecule has 1 heterocycles. The summed E-state index contributed by atoms with van der Waals surface area (Å²) in [7, 11) is 0. The molecular formula is C11H14N2O2. The zero-order chi connectivity index (χ0) is 10.8. The highest BCUT2D eigenvalue weighted by Gasteiger charge is 2.16. The molecule has 0 atom stereocenters. The van der Waals surface area contributed by atoms with Gasteiger partial charge in [0.05, 0.1) is 4.92 Å². The Hall–Kier alpha value is -1.58. The Labute approximate surface area is 88.7 Å². The highest BCUT2D eigenvalue weighted by atomic mass is 16.6. The van der Waals surface area contributed by atoms with E-state index in [4.69, 9.17) is 0 Å². The summed E-state index contributed by atoms with van der Waals surface area (Å²) in [6.45, 7) is 4.07. The van der Waals surface area contributed by atoms with Crippen LogP contribution in [-0.4, -0.2) is 18.0 Å². The van der Waals surface area contributed by atoms with Crippen molar-refractivity contribution in [1.82, 2.24) is 0 Å². The number of non-ortho nitro benzene ring substituents is 1. The van der Waals surface area contributed by atoms with E-state index in [2.05, 4.69) is 4.90 Å². The molecule has 80 valence electrons. The number of benzene rings is 1. The maximum Gasteiger partial charge on any atom is 0.269 e. The second kappa shape index (κ2) is 3.88. The third-order valence-corrected chi connectivity index (χ3v) is 2.84. The Bertz CT molecular complexity index is 384. The van der Waals surface area contributed by atoms with Gasteiger partial charge in [-0.2, -0.15) is 0 Å². The molecule has 1 aliphatic rings. The van der Waals surface area contributed by atoms with Gasteiger partial charge in [0, 0.05) is 30.9 Å². The first kappa shape index (κ1) is 9.96. The van der Waals surface area contributed by atoms with Gasteiger partial charge in [-0.3, -0.25) is 10.1 Å². The molecule has 0 aliphatic carbocycles. The van der Waals surface area contributed by atoms with Gasteiger partial charge in [0.25, 0.3) is 5.69 Å². The first-order valence-electron chi connectivity index (χ1n) is 5.18. The maximum absolute atomic E-state index is 10.6. The van der Waals surface area contributed by atoms with Gasteiger partial charge in [0.1, 0.15) is 0 Å². The standard InChI is InChI=1S/C11H14N2O2/c1-9-8-10(13(14)15)4-5-11(9)12-6-2-3-7-12/h4-5,8H,2-3,6-7H2,1H3. The summed E-state index contributed by atoms with van der Waals surface area (Å²) < 4.78 is 0. The van der Waals surface area contributed by atoms with Gasteiger partial charge in [0.15, 0.2) is 0 Å². The van der Waals surface area contributed by atoms with Gasteiger partial charge < -0.3 is 4.90 Å². The smallest absolute Gasteiger partial charge is 0.269 e. The minimum absolute atomic E-state index is 0.176. The number of nitrogens with zero attached hydrogens (tertiary/aromatic N) is 2. The van der Waals surface area contributed by atoms with Crippen LogP contribution in [-0.2, 0) is 0 Å². The molecule has 15 heavy (non-hydrogen) atoms. The lowest BCUT2D eigenvalue weighted by atomic mass is 10.1. The molecule has 1 saturated heterocycles. The zero-order valence-corrected chi connectivity index (χ0v) is 8.77. The molecule has 0 N–H and O–H groups in total. The summed E-state index contributed by atoms with van der Waals surface area (Å²) in [5, 5.41) is 10.6. The summed E-state index contributed by atoms with van der Waals surface area (Å²) in [5.74, 6) is 0. The van der Waals surface area contributed by atoms with E-state index in [1.54, 1.807) is 12.1 Å². The number of anilines is 1. The highest BCUT2D eigenvalue weighted by molar-refractivity contribution is 5.57. The third-order valence-electron chi connectivity index (χ3n) is 2.84. The predicted molar refractivity (Wildman–Crippen MR) is 59.3 cm³/mol. The number of hydrogen-bond acceptors (Lipinski definition) is 3. The van der Waals surface area contributed by atoms with Crippen LogP contribution in [0.25, 0.3) is 0 Å². The summed E-state index contributed by atoms with van der Waals surface area (Å²) in [6.07, 6.45) is 2.44. The van der Waals surface area contributed by atoms with E-state index < -0.39 is 0 Å². The number of hydrogen-bond donors (Lipinski definition) is 0. The Morgan fingerprint density at radius 3 is 2.53 bits per heavy atom.